The topological polar surface area (TPSA) is 78.9 Å². The largest absolute Gasteiger partial charge is 0.479 e. The van der Waals surface area contributed by atoms with Gasteiger partial charge in [-0.15, -0.1) is 0 Å². The number of nitrogens with zero attached hydrogens (tertiary/aromatic N) is 1. The van der Waals surface area contributed by atoms with Crippen LogP contribution in [0.4, 0.5) is 10.5 Å². The minimum absolute atomic E-state index is 0.121. The molecule has 0 aliphatic heterocycles. The summed E-state index contributed by atoms with van der Waals surface area (Å²) in [5.41, 5.74) is 4.60. The van der Waals surface area contributed by atoms with Gasteiger partial charge in [-0.25, -0.2) is 9.59 Å². The number of ether oxygens (including phenoxy) is 1. The second kappa shape index (κ2) is 13.3. The van der Waals surface area contributed by atoms with Crippen LogP contribution in [0.3, 0.4) is 0 Å². The van der Waals surface area contributed by atoms with E-state index in [0.29, 0.717) is 6.54 Å². The summed E-state index contributed by atoms with van der Waals surface area (Å²) in [6.45, 7) is 3.06. The third-order valence-corrected chi connectivity index (χ3v) is 5.87. The maximum Gasteiger partial charge on any atom is 0.333 e. The molecule has 0 bridgehead atoms. The Morgan fingerprint density at radius 1 is 0.914 bits per heavy atom. The van der Waals surface area contributed by atoms with Crippen molar-refractivity contribution in [1.29, 1.82) is 0 Å². The number of carboxylic acids is 1. The summed E-state index contributed by atoms with van der Waals surface area (Å²) in [7, 11) is 1.76. The molecule has 1 unspecified atom stereocenters. The summed E-state index contributed by atoms with van der Waals surface area (Å²) in [5, 5.41) is 12.5. The molecule has 3 rings (SSSR count). The van der Waals surface area contributed by atoms with E-state index in [2.05, 4.69) is 12.2 Å². The van der Waals surface area contributed by atoms with E-state index in [1.165, 1.54) is 0 Å². The predicted octanol–water partition coefficient (Wildman–Crippen LogP) is 5.90. The molecule has 0 heterocycles. The lowest BCUT2D eigenvalue weighted by atomic mass is 10.0. The molecule has 0 fully saturated rings. The Morgan fingerprint density at radius 2 is 1.66 bits per heavy atom. The number of nitrogens with one attached hydrogen (secondary N) is 1. The lowest BCUT2D eigenvalue weighted by Crippen LogP contribution is -2.37. The third-order valence-electron chi connectivity index (χ3n) is 5.87. The van der Waals surface area contributed by atoms with Crippen LogP contribution in [0, 0.1) is 0 Å². The zero-order chi connectivity index (χ0) is 25.0. The van der Waals surface area contributed by atoms with Crippen LogP contribution in [-0.4, -0.2) is 36.8 Å². The zero-order valence-electron chi connectivity index (χ0n) is 20.4. The minimum Gasteiger partial charge on any atom is -0.479 e. The minimum atomic E-state index is -0.978. The van der Waals surface area contributed by atoms with E-state index < -0.39 is 12.1 Å². The highest BCUT2D eigenvalue weighted by Crippen LogP contribution is 2.25. The van der Waals surface area contributed by atoms with Crippen LogP contribution in [0.25, 0.3) is 11.1 Å². The second-order valence-corrected chi connectivity index (χ2v) is 8.57. The lowest BCUT2D eigenvalue weighted by Gasteiger charge is -2.19. The second-order valence-electron chi connectivity index (χ2n) is 8.57. The van der Waals surface area contributed by atoms with Gasteiger partial charge in [-0.2, -0.15) is 0 Å². The molecule has 0 radical (unpaired) electrons. The summed E-state index contributed by atoms with van der Waals surface area (Å²) in [4.78, 5) is 25.8. The van der Waals surface area contributed by atoms with Crippen LogP contribution in [0.1, 0.15) is 37.3 Å². The van der Waals surface area contributed by atoms with E-state index in [1.807, 2.05) is 78.9 Å². The van der Waals surface area contributed by atoms with Gasteiger partial charge in [0.15, 0.2) is 6.10 Å². The van der Waals surface area contributed by atoms with Gasteiger partial charge in [-0.3, -0.25) is 4.90 Å². The van der Waals surface area contributed by atoms with Crippen molar-refractivity contribution in [1.82, 2.24) is 5.32 Å². The predicted molar refractivity (Wildman–Crippen MR) is 140 cm³/mol. The summed E-state index contributed by atoms with van der Waals surface area (Å²) in [6.07, 6.45) is 2.55. The third kappa shape index (κ3) is 7.97. The fraction of sp³-hybridized carbons (Fsp3) is 0.310. The molecule has 1 atom stereocenters. The van der Waals surface area contributed by atoms with Gasteiger partial charge in [0.05, 0.1) is 6.61 Å². The molecular weight excluding hydrogens is 440 g/mol. The van der Waals surface area contributed by atoms with Crippen LogP contribution in [-0.2, 0) is 22.6 Å². The Balaban J connectivity index is 1.62. The molecule has 2 N–H and O–H groups in total. The van der Waals surface area contributed by atoms with Crippen molar-refractivity contribution < 1.29 is 19.4 Å². The molecule has 2 amide bonds. The van der Waals surface area contributed by atoms with Crippen LogP contribution < -0.4 is 10.2 Å². The van der Waals surface area contributed by atoms with E-state index in [9.17, 15) is 14.7 Å². The Bertz CT molecular complexity index is 1080. The highest BCUT2D eigenvalue weighted by atomic mass is 16.5. The van der Waals surface area contributed by atoms with Gasteiger partial charge < -0.3 is 15.2 Å². The van der Waals surface area contributed by atoms with Gasteiger partial charge in [0, 0.05) is 25.7 Å². The van der Waals surface area contributed by atoms with E-state index in [0.717, 1.165) is 47.2 Å². The average molecular weight is 475 g/mol. The molecule has 6 heteroatoms. The number of urea groups is 1. The van der Waals surface area contributed by atoms with Crippen molar-refractivity contribution in [2.24, 2.45) is 0 Å². The van der Waals surface area contributed by atoms with E-state index in [-0.39, 0.29) is 19.1 Å². The van der Waals surface area contributed by atoms with E-state index >= 15 is 0 Å². The molecule has 0 aliphatic rings. The molecule has 184 valence electrons. The highest BCUT2D eigenvalue weighted by Gasteiger charge is 2.19. The highest BCUT2D eigenvalue weighted by molar-refractivity contribution is 5.92. The number of carbonyl (C=O) groups is 2. The number of unbranched alkanes of at least 4 members (excludes halogenated alkanes) is 2. The Morgan fingerprint density at radius 3 is 2.34 bits per heavy atom. The molecule has 0 aromatic heterocycles. The Kier molecular flexibility index (Phi) is 9.87. The van der Waals surface area contributed by atoms with Crippen molar-refractivity contribution in [3.63, 3.8) is 0 Å². The number of amides is 2. The smallest absolute Gasteiger partial charge is 0.333 e. The average Bonchev–Trinajstić information content (AvgIpc) is 2.89. The fourth-order valence-corrected chi connectivity index (χ4v) is 3.74. The lowest BCUT2D eigenvalue weighted by molar-refractivity contribution is -0.151. The van der Waals surface area contributed by atoms with Crippen molar-refractivity contribution >= 4 is 17.7 Å². The quantitative estimate of drug-likeness (QED) is 0.320. The molecule has 0 aliphatic carbocycles. The molecule has 3 aromatic rings. The molecular formula is C29H34N2O4. The number of aliphatic carboxylic acids is 1. The Hall–Kier alpha value is -3.64. The number of hydrogen-bond acceptors (Lipinski definition) is 3. The van der Waals surface area contributed by atoms with Crippen LogP contribution in [0.15, 0.2) is 78.9 Å². The maximum absolute atomic E-state index is 12.5. The fourth-order valence-electron chi connectivity index (χ4n) is 3.74. The van der Waals surface area contributed by atoms with Gasteiger partial charge in [0.2, 0.25) is 0 Å². The summed E-state index contributed by atoms with van der Waals surface area (Å²) >= 11 is 0. The number of carboxylic acid groups (broad SMARTS) is 1. The molecule has 35 heavy (non-hydrogen) atoms. The number of benzene rings is 3. The van der Waals surface area contributed by atoms with Gasteiger partial charge in [-0.1, -0.05) is 86.5 Å². The van der Waals surface area contributed by atoms with Crippen molar-refractivity contribution in [2.45, 2.75) is 45.3 Å². The molecule has 3 aromatic carbocycles. The standard InChI is InChI=1S/C29H34N2O4/c1-3-4-8-18-30-29(34)31(2)26-13-9-12-25(20-26)24-16-14-22(15-17-24)19-27(28(32)33)35-21-23-10-6-5-7-11-23/h5-7,9-17,20,27H,3-4,8,18-19,21H2,1-2H3,(H,30,34)(H,32,33). The first kappa shape index (κ1) is 26.0. The van der Waals surface area contributed by atoms with E-state index in [4.69, 9.17) is 4.74 Å². The Labute approximate surface area is 207 Å². The number of hydrogen-bond donors (Lipinski definition) is 2. The first-order valence-corrected chi connectivity index (χ1v) is 12.1. The van der Waals surface area contributed by atoms with Crippen molar-refractivity contribution in [3.05, 3.63) is 90.0 Å². The molecule has 0 saturated heterocycles. The number of anilines is 1. The van der Waals surface area contributed by atoms with Crippen LogP contribution in [0.5, 0.6) is 0 Å². The SMILES string of the molecule is CCCCCNC(=O)N(C)c1cccc(-c2ccc(CC(OCc3ccccc3)C(=O)O)cc2)c1. The molecule has 0 spiro atoms. The first-order valence-electron chi connectivity index (χ1n) is 12.1. The number of rotatable bonds is 12. The molecule has 0 saturated carbocycles. The normalized spacial score (nSPS) is 11.6. The molecule has 6 nitrogen and oxygen atoms in total. The van der Waals surface area contributed by atoms with Gasteiger partial charge >= 0.3 is 12.0 Å². The van der Waals surface area contributed by atoms with Gasteiger partial charge in [-0.05, 0) is 40.8 Å². The summed E-state index contributed by atoms with van der Waals surface area (Å²) in [6, 6.07) is 25.0. The summed E-state index contributed by atoms with van der Waals surface area (Å²) < 4.78 is 5.67. The van der Waals surface area contributed by atoms with E-state index in [1.54, 1.807) is 11.9 Å². The van der Waals surface area contributed by atoms with Crippen LogP contribution >= 0.6 is 0 Å². The van der Waals surface area contributed by atoms with Crippen LogP contribution in [0.2, 0.25) is 0 Å². The van der Waals surface area contributed by atoms with Gasteiger partial charge in [0.1, 0.15) is 0 Å². The number of carbonyl (C=O) groups excluding carboxylic acids is 1. The summed E-state index contributed by atoms with van der Waals surface area (Å²) in [5.74, 6) is -0.978. The zero-order valence-corrected chi connectivity index (χ0v) is 20.4. The van der Waals surface area contributed by atoms with Gasteiger partial charge in [0.25, 0.3) is 0 Å². The van der Waals surface area contributed by atoms with Crippen molar-refractivity contribution in [2.75, 3.05) is 18.5 Å². The maximum atomic E-state index is 12.5. The first-order chi connectivity index (χ1) is 17.0. The van der Waals surface area contributed by atoms with Crippen molar-refractivity contribution in [3.8, 4) is 11.1 Å². The monoisotopic (exact) mass is 474 g/mol.